The molecule has 4 rings (SSSR count). The Labute approximate surface area is 229 Å². The molecule has 204 valence electrons. The summed E-state index contributed by atoms with van der Waals surface area (Å²) >= 11 is 0. The fraction of sp³-hybridized carbons (Fsp3) is 0.290. The van der Waals surface area contributed by atoms with E-state index in [-0.39, 0.29) is 16.9 Å². The molecule has 39 heavy (non-hydrogen) atoms. The fourth-order valence-electron chi connectivity index (χ4n) is 5.00. The first-order valence-corrected chi connectivity index (χ1v) is 12.9. The van der Waals surface area contributed by atoms with Gasteiger partial charge in [-0.2, -0.15) is 0 Å². The number of benzene rings is 3. The number of ketones is 1. The first-order chi connectivity index (χ1) is 18.8. The van der Waals surface area contributed by atoms with Gasteiger partial charge in [-0.05, 0) is 67.9 Å². The quantitative estimate of drug-likeness (QED) is 0.231. The van der Waals surface area contributed by atoms with E-state index >= 15 is 0 Å². The van der Waals surface area contributed by atoms with Gasteiger partial charge in [0.1, 0.15) is 22.8 Å². The van der Waals surface area contributed by atoms with Crippen LogP contribution in [0.4, 0.5) is 17.1 Å². The maximum Gasteiger partial charge on any atom is 0.300 e. The van der Waals surface area contributed by atoms with Gasteiger partial charge in [0.25, 0.3) is 11.7 Å². The molecule has 0 spiro atoms. The van der Waals surface area contributed by atoms with E-state index in [1.165, 1.54) is 19.1 Å². The number of aliphatic hydroxyl groups is 1. The Morgan fingerprint density at radius 2 is 1.38 bits per heavy atom. The molecule has 1 aliphatic rings. The Kier molecular flexibility index (Phi) is 8.14. The molecule has 1 unspecified atom stereocenters. The maximum atomic E-state index is 13.6. The largest absolute Gasteiger partial charge is 0.506 e. The second-order valence-electron chi connectivity index (χ2n) is 9.38. The molecule has 1 N–H and O–H groups in total. The van der Waals surface area contributed by atoms with Gasteiger partial charge in [-0.1, -0.05) is 18.2 Å². The van der Waals surface area contributed by atoms with Crippen molar-refractivity contribution in [2.75, 3.05) is 56.1 Å². The summed E-state index contributed by atoms with van der Waals surface area (Å²) in [6.45, 7) is 5.87. The summed E-state index contributed by atoms with van der Waals surface area (Å²) in [6.07, 6.45) is 0. The number of hydrogen-bond acceptors (Lipinski definition) is 7. The number of amides is 1. The smallest absolute Gasteiger partial charge is 0.300 e. The minimum atomic E-state index is -0.865. The van der Waals surface area contributed by atoms with Crippen molar-refractivity contribution >= 4 is 34.5 Å². The van der Waals surface area contributed by atoms with E-state index in [1.807, 2.05) is 55.4 Å². The molecule has 1 aliphatic heterocycles. The molecule has 8 heteroatoms. The number of aliphatic hydroxyl groups excluding tert-OH is 1. The minimum Gasteiger partial charge on any atom is -0.506 e. The summed E-state index contributed by atoms with van der Waals surface area (Å²) in [5, 5.41) is 11.7. The van der Waals surface area contributed by atoms with Crippen molar-refractivity contribution in [3.63, 3.8) is 0 Å². The summed E-state index contributed by atoms with van der Waals surface area (Å²) in [5.74, 6) is -1.21. The molecule has 1 saturated heterocycles. The molecule has 1 heterocycles. The molecule has 0 bridgehead atoms. The van der Waals surface area contributed by atoms with Crippen molar-refractivity contribution in [2.45, 2.75) is 19.9 Å². The highest BCUT2D eigenvalue weighted by molar-refractivity contribution is 6.51. The van der Waals surface area contributed by atoms with Crippen LogP contribution in [-0.2, 0) is 9.59 Å². The number of nitrogens with zero attached hydrogens (tertiary/aromatic N) is 3. The van der Waals surface area contributed by atoms with E-state index in [0.717, 1.165) is 24.5 Å². The van der Waals surface area contributed by atoms with E-state index in [0.29, 0.717) is 22.7 Å². The standard InChI is InChI=1S/C31H35N3O5/c1-7-33(8-2)22-14-12-20(13-15-22)28-27(29(35)26-24(38-5)10-9-11-25(26)39-6)30(36)31(37)34(28)23-18-16-21(17-19-23)32(3)4/h9-19,28,35H,7-8H2,1-6H3/b29-27+. The van der Waals surface area contributed by atoms with Crippen molar-refractivity contribution in [2.24, 2.45) is 0 Å². The van der Waals surface area contributed by atoms with Crippen molar-refractivity contribution in [3.8, 4) is 11.5 Å². The lowest BCUT2D eigenvalue weighted by atomic mass is 9.94. The van der Waals surface area contributed by atoms with Crippen LogP contribution in [0.2, 0.25) is 0 Å². The van der Waals surface area contributed by atoms with E-state index in [9.17, 15) is 14.7 Å². The van der Waals surface area contributed by atoms with Crippen molar-refractivity contribution in [3.05, 3.63) is 83.4 Å². The Hall–Kier alpha value is -4.46. The molecule has 0 aliphatic carbocycles. The van der Waals surface area contributed by atoms with E-state index in [4.69, 9.17) is 9.47 Å². The zero-order valence-corrected chi connectivity index (χ0v) is 23.3. The first-order valence-electron chi connectivity index (χ1n) is 12.9. The van der Waals surface area contributed by atoms with Crippen LogP contribution in [0.15, 0.2) is 72.3 Å². The monoisotopic (exact) mass is 529 g/mol. The Bertz CT molecular complexity index is 1350. The molecule has 3 aromatic carbocycles. The predicted molar refractivity (Wildman–Crippen MR) is 155 cm³/mol. The molecule has 1 amide bonds. The highest BCUT2D eigenvalue weighted by Gasteiger charge is 2.47. The van der Waals surface area contributed by atoms with Crippen molar-refractivity contribution in [1.29, 1.82) is 0 Å². The molecule has 8 nitrogen and oxygen atoms in total. The third-order valence-electron chi connectivity index (χ3n) is 7.09. The number of Topliss-reactive ketones (excluding diaryl/α,β-unsaturated/α-hetero) is 1. The summed E-state index contributed by atoms with van der Waals surface area (Å²) in [5.41, 5.74) is 3.41. The summed E-state index contributed by atoms with van der Waals surface area (Å²) in [6, 6.07) is 19.3. The van der Waals surface area contributed by atoms with Crippen LogP contribution in [0.5, 0.6) is 11.5 Å². The van der Waals surface area contributed by atoms with Crippen LogP contribution < -0.4 is 24.2 Å². The zero-order valence-electron chi connectivity index (χ0n) is 23.3. The Morgan fingerprint density at radius 1 is 0.846 bits per heavy atom. The highest BCUT2D eigenvalue weighted by atomic mass is 16.5. The number of rotatable bonds is 9. The van der Waals surface area contributed by atoms with Gasteiger partial charge in [0.2, 0.25) is 0 Å². The lowest BCUT2D eigenvalue weighted by molar-refractivity contribution is -0.132. The van der Waals surface area contributed by atoms with Gasteiger partial charge in [0.05, 0.1) is 25.8 Å². The van der Waals surface area contributed by atoms with Gasteiger partial charge in [0.15, 0.2) is 0 Å². The van der Waals surface area contributed by atoms with Gasteiger partial charge < -0.3 is 24.4 Å². The number of carbonyl (C=O) groups is 2. The highest BCUT2D eigenvalue weighted by Crippen LogP contribution is 2.45. The van der Waals surface area contributed by atoms with E-state index in [2.05, 4.69) is 18.7 Å². The molecular weight excluding hydrogens is 494 g/mol. The Balaban J connectivity index is 1.95. The SMILES string of the molecule is CCN(CC)c1ccc(C2/C(=C(\O)c3c(OC)cccc3OC)C(=O)C(=O)N2c2ccc(N(C)C)cc2)cc1. The first kappa shape index (κ1) is 27.6. The average Bonchev–Trinajstić information content (AvgIpc) is 3.23. The van der Waals surface area contributed by atoms with Crippen LogP contribution >= 0.6 is 0 Å². The lowest BCUT2D eigenvalue weighted by Gasteiger charge is -2.27. The molecule has 3 aromatic rings. The molecule has 1 fully saturated rings. The summed E-state index contributed by atoms with van der Waals surface area (Å²) < 4.78 is 11.0. The van der Waals surface area contributed by atoms with Crippen molar-refractivity contribution < 1.29 is 24.2 Å². The van der Waals surface area contributed by atoms with Gasteiger partial charge in [-0.25, -0.2) is 0 Å². The number of carbonyl (C=O) groups excluding carboxylic acids is 2. The molecular formula is C31H35N3O5. The maximum absolute atomic E-state index is 13.6. The molecule has 1 atom stereocenters. The normalized spacial score (nSPS) is 16.4. The van der Waals surface area contributed by atoms with Crippen molar-refractivity contribution in [1.82, 2.24) is 0 Å². The van der Waals surface area contributed by atoms with Crippen LogP contribution in [0.1, 0.15) is 31.0 Å². The minimum absolute atomic E-state index is 0.0323. The third-order valence-corrected chi connectivity index (χ3v) is 7.09. The van der Waals surface area contributed by atoms with Crippen LogP contribution in [0.3, 0.4) is 0 Å². The topological polar surface area (TPSA) is 82.5 Å². The Morgan fingerprint density at radius 3 is 1.87 bits per heavy atom. The van der Waals surface area contributed by atoms with Gasteiger partial charge in [0, 0.05) is 44.2 Å². The zero-order chi connectivity index (χ0) is 28.3. The van der Waals surface area contributed by atoms with Crippen LogP contribution in [-0.4, -0.2) is 58.2 Å². The van der Waals surface area contributed by atoms with E-state index in [1.54, 1.807) is 30.3 Å². The van der Waals surface area contributed by atoms with Gasteiger partial charge >= 0.3 is 0 Å². The van der Waals surface area contributed by atoms with Gasteiger partial charge in [-0.15, -0.1) is 0 Å². The summed E-state index contributed by atoms with van der Waals surface area (Å²) in [4.78, 5) is 32.8. The number of hydrogen-bond donors (Lipinski definition) is 1. The second kappa shape index (κ2) is 11.5. The van der Waals surface area contributed by atoms with Crippen LogP contribution in [0.25, 0.3) is 5.76 Å². The van der Waals surface area contributed by atoms with Gasteiger partial charge in [-0.3, -0.25) is 14.5 Å². The molecule has 0 saturated carbocycles. The number of anilines is 3. The summed E-state index contributed by atoms with van der Waals surface area (Å²) in [7, 11) is 6.80. The second-order valence-corrected chi connectivity index (χ2v) is 9.38. The van der Waals surface area contributed by atoms with Crippen LogP contribution in [0, 0.1) is 0 Å². The number of methoxy groups -OCH3 is 2. The third kappa shape index (κ3) is 5.02. The average molecular weight is 530 g/mol. The number of ether oxygens (including phenoxy) is 2. The molecule has 0 radical (unpaired) electrons. The lowest BCUT2D eigenvalue weighted by Crippen LogP contribution is -2.29. The molecule has 0 aromatic heterocycles. The fourth-order valence-corrected chi connectivity index (χ4v) is 5.00. The van der Waals surface area contributed by atoms with E-state index < -0.39 is 17.7 Å². The predicted octanol–water partition coefficient (Wildman–Crippen LogP) is 5.24.